The van der Waals surface area contributed by atoms with Gasteiger partial charge in [-0.1, -0.05) is 47.6 Å². The number of halogens is 3. The van der Waals surface area contributed by atoms with Crippen molar-refractivity contribution >= 4 is 23.4 Å². The van der Waals surface area contributed by atoms with Crippen molar-refractivity contribution in [3.05, 3.63) is 77.0 Å². The van der Waals surface area contributed by atoms with Crippen LogP contribution in [-0.2, 0) is 10.9 Å². The molecule has 7 nitrogen and oxygen atoms in total. The Kier molecular flexibility index (Phi) is 6.76. The maximum Gasteiger partial charge on any atom is 0.471 e. The van der Waals surface area contributed by atoms with Gasteiger partial charge in [0.15, 0.2) is 0 Å². The number of carbonyl (C=O) groups excluding carboxylic acids is 1. The summed E-state index contributed by atoms with van der Waals surface area (Å²) in [6, 6.07) is 16.2. The molecule has 0 saturated carbocycles. The second-order valence-corrected chi connectivity index (χ2v) is 9.70. The van der Waals surface area contributed by atoms with Crippen LogP contribution in [0.1, 0.15) is 34.7 Å². The molecule has 1 unspecified atom stereocenters. The number of hydrogen-bond acceptors (Lipinski definition) is 7. The molecule has 36 heavy (non-hydrogen) atoms. The van der Waals surface area contributed by atoms with Crippen molar-refractivity contribution in [1.29, 1.82) is 0 Å². The highest BCUT2D eigenvalue weighted by Crippen LogP contribution is 2.43. The average molecular weight is 517 g/mol. The molecule has 2 aromatic carbocycles. The van der Waals surface area contributed by atoms with E-state index in [-0.39, 0.29) is 28.1 Å². The van der Waals surface area contributed by atoms with E-state index in [0.29, 0.717) is 25.3 Å². The third-order valence-corrected chi connectivity index (χ3v) is 7.65. The fourth-order valence-electron chi connectivity index (χ4n) is 4.34. The molecule has 2 aliphatic rings. The fourth-order valence-corrected chi connectivity index (χ4v) is 5.61. The summed E-state index contributed by atoms with van der Waals surface area (Å²) in [6.45, 7) is 1.62. The number of hydrogen-bond donors (Lipinski definition) is 2. The Balaban J connectivity index is 1.28. The van der Waals surface area contributed by atoms with Crippen LogP contribution in [0, 0.1) is 5.41 Å². The Bertz CT molecular complexity index is 1260. The summed E-state index contributed by atoms with van der Waals surface area (Å²) >= 11 is 1.70. The van der Waals surface area contributed by atoms with Gasteiger partial charge in [-0.2, -0.15) is 18.2 Å². The number of alkyl halides is 3. The van der Waals surface area contributed by atoms with Crippen LogP contribution in [0.4, 0.5) is 13.2 Å². The van der Waals surface area contributed by atoms with E-state index in [2.05, 4.69) is 42.8 Å². The lowest BCUT2D eigenvalue weighted by atomic mass is 9.79. The van der Waals surface area contributed by atoms with Crippen LogP contribution in [-0.4, -0.2) is 41.2 Å². The van der Waals surface area contributed by atoms with E-state index in [1.54, 1.807) is 23.9 Å². The van der Waals surface area contributed by atoms with Crippen molar-refractivity contribution in [1.82, 2.24) is 20.8 Å². The maximum absolute atomic E-state index is 13.1. The number of amides is 1. The van der Waals surface area contributed by atoms with E-state index in [0.717, 1.165) is 24.1 Å². The summed E-state index contributed by atoms with van der Waals surface area (Å²) in [6.07, 6.45) is -3.19. The first-order valence-corrected chi connectivity index (χ1v) is 12.3. The van der Waals surface area contributed by atoms with Gasteiger partial charge in [0.2, 0.25) is 5.82 Å². The zero-order valence-corrected chi connectivity index (χ0v) is 19.9. The van der Waals surface area contributed by atoms with Crippen molar-refractivity contribution in [3.8, 4) is 11.4 Å². The maximum atomic E-state index is 13.1. The van der Waals surface area contributed by atoms with Gasteiger partial charge in [0.05, 0.1) is 5.37 Å². The third-order valence-electron chi connectivity index (χ3n) is 6.39. The topological polar surface area (TPSA) is 89.3 Å². The Hall–Kier alpha value is -3.31. The van der Waals surface area contributed by atoms with E-state index in [9.17, 15) is 18.0 Å². The van der Waals surface area contributed by atoms with E-state index >= 15 is 0 Å². The highest BCUT2D eigenvalue weighted by atomic mass is 32.2. The molecule has 0 radical (unpaired) electrons. The smallest absolute Gasteiger partial charge is 0.381 e. The van der Waals surface area contributed by atoms with Crippen LogP contribution < -0.4 is 10.6 Å². The molecule has 3 aromatic rings. The minimum Gasteiger partial charge on any atom is -0.381 e. The van der Waals surface area contributed by atoms with E-state index in [4.69, 9.17) is 4.74 Å². The molecular weight excluding hydrogens is 493 g/mol. The fraction of sp³-hybridized carbons (Fsp3) is 0.320. The van der Waals surface area contributed by atoms with E-state index in [1.807, 2.05) is 18.2 Å². The van der Waals surface area contributed by atoms with Gasteiger partial charge in [-0.05, 0) is 35.9 Å². The third kappa shape index (κ3) is 5.12. The number of carbonyl (C=O) groups is 1. The van der Waals surface area contributed by atoms with Gasteiger partial charge in [0, 0.05) is 42.0 Å². The molecule has 3 heterocycles. The lowest BCUT2D eigenvalue weighted by molar-refractivity contribution is -0.159. The van der Waals surface area contributed by atoms with Crippen LogP contribution in [0.2, 0.25) is 0 Å². The Labute approximate surface area is 209 Å². The van der Waals surface area contributed by atoms with E-state index < -0.39 is 12.1 Å². The summed E-state index contributed by atoms with van der Waals surface area (Å²) in [5.41, 5.74) is 2.47. The Morgan fingerprint density at radius 1 is 1.11 bits per heavy atom. The summed E-state index contributed by atoms with van der Waals surface area (Å²) < 4.78 is 48.3. The number of nitrogens with one attached hydrogen (secondary N) is 2. The van der Waals surface area contributed by atoms with Gasteiger partial charge < -0.3 is 19.9 Å². The zero-order valence-electron chi connectivity index (χ0n) is 19.0. The van der Waals surface area contributed by atoms with Gasteiger partial charge >= 0.3 is 12.1 Å². The van der Waals surface area contributed by atoms with Crippen LogP contribution in [0.25, 0.3) is 17.1 Å². The number of benzene rings is 2. The van der Waals surface area contributed by atoms with Crippen molar-refractivity contribution in [3.63, 3.8) is 0 Å². The average Bonchev–Trinajstić information content (AvgIpc) is 3.60. The lowest BCUT2D eigenvalue weighted by Gasteiger charge is -2.42. The largest absolute Gasteiger partial charge is 0.471 e. The predicted octanol–water partition coefficient (Wildman–Crippen LogP) is 4.94. The van der Waals surface area contributed by atoms with Gasteiger partial charge in [-0.15, -0.1) is 11.8 Å². The number of thioether (sulfide) groups is 1. The summed E-state index contributed by atoms with van der Waals surface area (Å²) in [5, 5.41) is 12.2. The summed E-state index contributed by atoms with van der Waals surface area (Å²) in [4.78, 5) is 16.5. The molecule has 5 rings (SSSR count). The second-order valence-electron chi connectivity index (χ2n) is 8.72. The number of nitrogens with zero attached hydrogens (tertiary/aromatic N) is 2. The highest BCUT2D eigenvalue weighted by Gasteiger charge is 2.43. The first-order valence-electron chi connectivity index (χ1n) is 11.4. The molecule has 1 amide bonds. The molecule has 1 atom stereocenters. The van der Waals surface area contributed by atoms with Gasteiger partial charge in [-0.25, -0.2) is 0 Å². The second kappa shape index (κ2) is 9.98. The molecule has 1 aromatic heterocycles. The molecule has 1 fully saturated rings. The SMILES string of the molecule is O=C(NCC1(C2NC(c3ccccc3)=CS2)CCOCC1)c1cccc(-c2noc(C(F)(F)F)n2)c1. The minimum atomic E-state index is -4.74. The minimum absolute atomic E-state index is 0.0587. The number of aromatic nitrogens is 2. The monoisotopic (exact) mass is 516 g/mol. The molecular formula is C25H23F3N4O3S. The number of rotatable bonds is 6. The van der Waals surface area contributed by atoms with Crippen LogP contribution >= 0.6 is 11.8 Å². The van der Waals surface area contributed by atoms with Crippen molar-refractivity contribution in [2.45, 2.75) is 24.4 Å². The van der Waals surface area contributed by atoms with Gasteiger partial charge in [-0.3, -0.25) is 4.79 Å². The van der Waals surface area contributed by atoms with Crippen molar-refractivity contribution in [2.24, 2.45) is 5.41 Å². The van der Waals surface area contributed by atoms with Gasteiger partial charge in [0.25, 0.3) is 5.91 Å². The molecule has 188 valence electrons. The number of ether oxygens (including phenoxy) is 1. The lowest BCUT2D eigenvalue weighted by Crippen LogP contribution is -2.51. The van der Waals surface area contributed by atoms with Gasteiger partial charge in [0.1, 0.15) is 0 Å². The molecule has 1 saturated heterocycles. The normalized spacial score (nSPS) is 19.4. The van der Waals surface area contributed by atoms with E-state index in [1.165, 1.54) is 12.1 Å². The van der Waals surface area contributed by atoms with Crippen LogP contribution in [0.15, 0.2) is 64.5 Å². The highest BCUT2D eigenvalue weighted by molar-refractivity contribution is 8.03. The van der Waals surface area contributed by atoms with Crippen LogP contribution in [0.3, 0.4) is 0 Å². The standard InChI is InChI=1S/C25H23F3N4O3S/c26-25(27,28)22-31-20(32-35-22)17-7-4-8-18(13-17)21(33)29-15-24(9-11-34-12-10-24)23-30-19(14-36-23)16-5-2-1-3-6-16/h1-8,13-14,23,30H,9-12,15H2,(H,29,33). The quantitative estimate of drug-likeness (QED) is 0.480. The summed E-state index contributed by atoms with van der Waals surface area (Å²) in [7, 11) is 0. The van der Waals surface area contributed by atoms with Crippen molar-refractivity contribution < 1.29 is 27.2 Å². The van der Waals surface area contributed by atoms with Crippen LogP contribution in [0.5, 0.6) is 0 Å². The molecule has 0 bridgehead atoms. The molecule has 0 spiro atoms. The first-order chi connectivity index (χ1) is 17.3. The predicted molar refractivity (Wildman–Crippen MR) is 128 cm³/mol. The molecule has 2 N–H and O–H groups in total. The summed E-state index contributed by atoms with van der Waals surface area (Å²) in [5.74, 6) is -2.00. The van der Waals surface area contributed by atoms with Crippen molar-refractivity contribution in [2.75, 3.05) is 19.8 Å². The Morgan fingerprint density at radius 2 is 1.86 bits per heavy atom. The molecule has 11 heteroatoms. The Morgan fingerprint density at radius 3 is 2.58 bits per heavy atom. The first kappa shape index (κ1) is 24.4. The molecule has 2 aliphatic heterocycles. The zero-order chi connectivity index (χ0) is 25.2. The molecule has 0 aliphatic carbocycles.